The standard InChI is InChI=1S/C31H32O11/c1-38-22-7-4-18-6-9-24(13-21(18)11-22)40-16-25(41-31-29(35)28(34)27(33)26(14-32)42-31)15-39-23-8-5-17-2-3-19(30(36)37)10-20(17)12-23/h2-13,25-29,31-35H,14-16H2,1H3,(H,36,37)/t25?,26-,27-,28+,29+,31+/m1/s1. The lowest BCUT2D eigenvalue weighted by molar-refractivity contribution is -0.314. The van der Waals surface area contributed by atoms with Crippen LogP contribution >= 0.6 is 0 Å². The summed E-state index contributed by atoms with van der Waals surface area (Å²) in [5.41, 5.74) is 0.143. The van der Waals surface area contributed by atoms with Gasteiger partial charge in [-0.05, 0) is 70.1 Å². The number of fused-ring (bicyclic) bond motifs is 2. The zero-order valence-electron chi connectivity index (χ0n) is 22.7. The van der Waals surface area contributed by atoms with E-state index < -0.39 is 49.4 Å². The van der Waals surface area contributed by atoms with Gasteiger partial charge < -0.3 is 49.2 Å². The molecule has 4 aromatic carbocycles. The molecule has 5 N–H and O–H groups in total. The molecule has 11 nitrogen and oxygen atoms in total. The van der Waals surface area contributed by atoms with Gasteiger partial charge in [0.25, 0.3) is 0 Å². The van der Waals surface area contributed by atoms with Crippen LogP contribution in [-0.2, 0) is 9.47 Å². The molecule has 6 atom stereocenters. The molecular weight excluding hydrogens is 548 g/mol. The second-order valence-electron chi connectivity index (χ2n) is 9.98. The normalized spacial score (nSPS) is 23.0. The van der Waals surface area contributed by atoms with Crippen molar-refractivity contribution in [3.63, 3.8) is 0 Å². The van der Waals surface area contributed by atoms with Crippen molar-refractivity contribution in [2.24, 2.45) is 0 Å². The third kappa shape index (κ3) is 6.57. The third-order valence-electron chi connectivity index (χ3n) is 7.12. The predicted molar refractivity (Wildman–Crippen MR) is 151 cm³/mol. The number of ether oxygens (including phenoxy) is 5. The highest BCUT2D eigenvalue weighted by Gasteiger charge is 2.45. The maximum atomic E-state index is 11.4. The minimum absolute atomic E-state index is 0.0543. The summed E-state index contributed by atoms with van der Waals surface area (Å²) < 4.78 is 28.8. The Kier molecular flexibility index (Phi) is 9.07. The second kappa shape index (κ2) is 12.9. The first-order chi connectivity index (χ1) is 20.2. The van der Waals surface area contributed by atoms with E-state index in [1.807, 2.05) is 30.3 Å². The van der Waals surface area contributed by atoms with E-state index in [2.05, 4.69) is 0 Å². The lowest BCUT2D eigenvalue weighted by Gasteiger charge is -2.40. The maximum absolute atomic E-state index is 11.4. The van der Waals surface area contributed by atoms with Crippen molar-refractivity contribution in [3.8, 4) is 17.2 Å². The number of carboxylic acids is 1. The van der Waals surface area contributed by atoms with Crippen LogP contribution in [0.5, 0.6) is 17.2 Å². The van der Waals surface area contributed by atoms with Gasteiger partial charge in [0.1, 0.15) is 61.0 Å². The average molecular weight is 581 g/mol. The summed E-state index contributed by atoms with van der Waals surface area (Å²) >= 11 is 0. The first-order valence-electron chi connectivity index (χ1n) is 13.3. The Morgan fingerprint density at radius 1 is 0.762 bits per heavy atom. The predicted octanol–water partition coefficient (Wildman–Crippen LogP) is 2.34. The van der Waals surface area contributed by atoms with E-state index in [1.165, 1.54) is 6.07 Å². The molecule has 1 aliphatic heterocycles. The van der Waals surface area contributed by atoms with Crippen molar-refractivity contribution < 1.29 is 54.0 Å². The summed E-state index contributed by atoms with van der Waals surface area (Å²) in [6, 6.07) is 21.2. The highest BCUT2D eigenvalue weighted by molar-refractivity contribution is 5.94. The van der Waals surface area contributed by atoms with Gasteiger partial charge in [0, 0.05) is 0 Å². The number of methoxy groups -OCH3 is 1. The molecule has 1 aliphatic rings. The van der Waals surface area contributed by atoms with Crippen LogP contribution < -0.4 is 14.2 Å². The van der Waals surface area contributed by atoms with Crippen molar-refractivity contribution in [2.45, 2.75) is 36.8 Å². The van der Waals surface area contributed by atoms with Gasteiger partial charge in [0.15, 0.2) is 6.29 Å². The summed E-state index contributed by atoms with van der Waals surface area (Å²) in [5.74, 6) is 0.624. The summed E-state index contributed by atoms with van der Waals surface area (Å²) in [6.45, 7) is -0.736. The van der Waals surface area contributed by atoms with Crippen LogP contribution in [-0.4, -0.2) is 95.2 Å². The van der Waals surface area contributed by atoms with Crippen LogP contribution in [0.15, 0.2) is 72.8 Å². The molecule has 0 amide bonds. The monoisotopic (exact) mass is 580 g/mol. The van der Waals surface area contributed by atoms with Gasteiger partial charge in [-0.3, -0.25) is 0 Å². The van der Waals surface area contributed by atoms with Gasteiger partial charge >= 0.3 is 5.97 Å². The topological polar surface area (TPSA) is 164 Å². The molecule has 1 fully saturated rings. The second-order valence-corrected chi connectivity index (χ2v) is 9.98. The van der Waals surface area contributed by atoms with Crippen LogP contribution in [0.3, 0.4) is 0 Å². The zero-order chi connectivity index (χ0) is 29.8. The van der Waals surface area contributed by atoms with Crippen molar-refractivity contribution in [1.82, 2.24) is 0 Å². The van der Waals surface area contributed by atoms with E-state index in [0.29, 0.717) is 22.6 Å². The molecule has 0 radical (unpaired) electrons. The van der Waals surface area contributed by atoms with Gasteiger partial charge in [0.05, 0.1) is 19.3 Å². The highest BCUT2D eigenvalue weighted by Crippen LogP contribution is 2.27. The largest absolute Gasteiger partial charge is 0.497 e. The molecule has 0 aromatic heterocycles. The highest BCUT2D eigenvalue weighted by atomic mass is 16.7. The van der Waals surface area contributed by atoms with Crippen molar-refractivity contribution in [1.29, 1.82) is 0 Å². The molecule has 0 aliphatic carbocycles. The van der Waals surface area contributed by atoms with Gasteiger partial charge in [-0.25, -0.2) is 4.79 Å². The van der Waals surface area contributed by atoms with Crippen LogP contribution in [0.25, 0.3) is 21.5 Å². The van der Waals surface area contributed by atoms with Crippen LogP contribution in [0.2, 0.25) is 0 Å². The number of rotatable bonds is 11. The number of carboxylic acid groups (broad SMARTS) is 1. The van der Waals surface area contributed by atoms with E-state index in [-0.39, 0.29) is 18.8 Å². The Balaban J connectivity index is 1.34. The van der Waals surface area contributed by atoms with Crippen LogP contribution in [0, 0.1) is 0 Å². The fourth-order valence-electron chi connectivity index (χ4n) is 4.74. The SMILES string of the molecule is COc1ccc2ccc(OCC(COc3ccc4ccc(C(=O)O)cc4c3)O[C@H]3O[C@H](CO)[C@@H](O)[C@H](O)[C@@H]3O)cc2c1. The summed E-state index contributed by atoms with van der Waals surface area (Å²) in [6.07, 6.45) is -8.13. The molecule has 5 rings (SSSR count). The van der Waals surface area contributed by atoms with Gasteiger partial charge in [-0.15, -0.1) is 0 Å². The molecule has 4 aromatic rings. The number of benzene rings is 4. The molecule has 0 saturated carbocycles. The minimum Gasteiger partial charge on any atom is -0.497 e. The van der Waals surface area contributed by atoms with Crippen molar-refractivity contribution >= 4 is 27.5 Å². The van der Waals surface area contributed by atoms with Gasteiger partial charge in [-0.2, -0.15) is 0 Å². The lowest BCUT2D eigenvalue weighted by Crippen LogP contribution is -2.60. The maximum Gasteiger partial charge on any atom is 0.335 e. The Morgan fingerprint density at radius 3 is 1.88 bits per heavy atom. The molecule has 1 unspecified atom stereocenters. The van der Waals surface area contributed by atoms with E-state index >= 15 is 0 Å². The summed E-state index contributed by atoms with van der Waals surface area (Å²) in [4.78, 5) is 11.4. The van der Waals surface area contributed by atoms with E-state index in [9.17, 15) is 30.3 Å². The summed E-state index contributed by atoms with van der Waals surface area (Å²) in [7, 11) is 1.59. The number of hydrogen-bond donors (Lipinski definition) is 5. The Hall–Kier alpha value is -3.97. The lowest BCUT2D eigenvalue weighted by atomic mass is 9.99. The molecule has 0 bridgehead atoms. The first kappa shape index (κ1) is 29.5. The molecule has 42 heavy (non-hydrogen) atoms. The summed E-state index contributed by atoms with van der Waals surface area (Å²) in [5, 5.41) is 53.1. The Bertz CT molecular complexity index is 1540. The number of hydrogen-bond acceptors (Lipinski definition) is 10. The van der Waals surface area contributed by atoms with E-state index in [1.54, 1.807) is 43.5 Å². The number of aromatic carboxylic acids is 1. The zero-order valence-corrected chi connectivity index (χ0v) is 22.7. The molecule has 1 heterocycles. The molecular formula is C31H32O11. The van der Waals surface area contributed by atoms with Crippen LogP contribution in [0.1, 0.15) is 10.4 Å². The molecule has 0 spiro atoms. The van der Waals surface area contributed by atoms with Crippen molar-refractivity contribution in [2.75, 3.05) is 26.9 Å². The minimum atomic E-state index is -1.61. The Labute approximate surface area is 241 Å². The van der Waals surface area contributed by atoms with Gasteiger partial charge in [-0.1, -0.05) is 24.3 Å². The number of aliphatic hydroxyl groups is 4. The molecule has 222 valence electrons. The quantitative estimate of drug-likeness (QED) is 0.177. The molecule has 11 heteroatoms. The fourth-order valence-corrected chi connectivity index (χ4v) is 4.74. The number of aliphatic hydroxyl groups excluding tert-OH is 4. The Morgan fingerprint density at radius 2 is 1.31 bits per heavy atom. The number of carbonyl (C=O) groups is 1. The van der Waals surface area contributed by atoms with Gasteiger partial charge in [0.2, 0.25) is 0 Å². The van der Waals surface area contributed by atoms with Crippen LogP contribution in [0.4, 0.5) is 0 Å². The first-order valence-corrected chi connectivity index (χ1v) is 13.3. The average Bonchev–Trinajstić information content (AvgIpc) is 3.01. The van der Waals surface area contributed by atoms with E-state index in [4.69, 9.17) is 23.7 Å². The molecule has 1 saturated heterocycles. The van der Waals surface area contributed by atoms with E-state index in [0.717, 1.165) is 16.2 Å². The fraction of sp³-hybridized carbons (Fsp3) is 0.323. The smallest absolute Gasteiger partial charge is 0.335 e. The third-order valence-corrected chi connectivity index (χ3v) is 7.12. The van der Waals surface area contributed by atoms with Crippen molar-refractivity contribution in [3.05, 3.63) is 78.4 Å².